The molecule has 5 heteroatoms. The Morgan fingerprint density at radius 1 is 1.50 bits per heavy atom. The van der Waals surface area contributed by atoms with Crippen LogP contribution in [-0.4, -0.2) is 27.1 Å². The van der Waals surface area contributed by atoms with Crippen LogP contribution in [0.2, 0.25) is 0 Å². The molecule has 2 unspecified atom stereocenters. The number of hydrogen-bond donors (Lipinski definition) is 2. The van der Waals surface area contributed by atoms with E-state index >= 15 is 0 Å². The minimum Gasteiger partial charge on any atom is -0.476 e. The van der Waals surface area contributed by atoms with Gasteiger partial charge in [-0.25, -0.2) is 9.78 Å². The van der Waals surface area contributed by atoms with Gasteiger partial charge in [0, 0.05) is 6.04 Å². The first-order valence-corrected chi connectivity index (χ1v) is 5.48. The standard InChI is InChI=1S/C11H15N3O2/c1-7-3-2-4-8(7)13-10-6-12-5-9(14-10)11(15)16/h5-8H,2-4H2,1H3,(H,13,14)(H,15,16). The number of nitrogens with zero attached hydrogens (tertiary/aromatic N) is 2. The highest BCUT2D eigenvalue weighted by Gasteiger charge is 2.23. The molecule has 0 aromatic carbocycles. The zero-order valence-electron chi connectivity index (χ0n) is 9.18. The molecule has 2 atom stereocenters. The smallest absolute Gasteiger partial charge is 0.356 e. The number of carbonyl (C=O) groups is 1. The Kier molecular flexibility index (Phi) is 3.03. The normalized spacial score (nSPS) is 24.3. The van der Waals surface area contributed by atoms with Crippen molar-refractivity contribution in [3.8, 4) is 0 Å². The Balaban J connectivity index is 2.09. The molecule has 1 saturated carbocycles. The summed E-state index contributed by atoms with van der Waals surface area (Å²) in [6.07, 6.45) is 6.36. The van der Waals surface area contributed by atoms with Crippen molar-refractivity contribution in [3.05, 3.63) is 18.1 Å². The van der Waals surface area contributed by atoms with Crippen LogP contribution in [0, 0.1) is 5.92 Å². The van der Waals surface area contributed by atoms with E-state index in [1.807, 2.05) is 0 Å². The van der Waals surface area contributed by atoms with Gasteiger partial charge in [-0.1, -0.05) is 13.3 Å². The van der Waals surface area contributed by atoms with E-state index in [2.05, 4.69) is 22.2 Å². The van der Waals surface area contributed by atoms with E-state index in [9.17, 15) is 4.79 Å². The number of rotatable bonds is 3. The summed E-state index contributed by atoms with van der Waals surface area (Å²) in [6.45, 7) is 2.19. The second kappa shape index (κ2) is 4.47. The van der Waals surface area contributed by atoms with Gasteiger partial charge in [0.2, 0.25) is 0 Å². The van der Waals surface area contributed by atoms with Gasteiger partial charge in [0.05, 0.1) is 12.4 Å². The Labute approximate surface area is 93.9 Å². The highest BCUT2D eigenvalue weighted by Crippen LogP contribution is 2.27. The largest absolute Gasteiger partial charge is 0.476 e. The summed E-state index contributed by atoms with van der Waals surface area (Å²) < 4.78 is 0. The predicted molar refractivity (Wildman–Crippen MR) is 59.4 cm³/mol. The molecule has 0 saturated heterocycles. The summed E-state index contributed by atoms with van der Waals surface area (Å²) in [7, 11) is 0. The van der Waals surface area contributed by atoms with Crippen LogP contribution in [0.5, 0.6) is 0 Å². The molecule has 1 aliphatic rings. The highest BCUT2D eigenvalue weighted by molar-refractivity contribution is 5.85. The van der Waals surface area contributed by atoms with Crippen LogP contribution in [-0.2, 0) is 0 Å². The van der Waals surface area contributed by atoms with Crippen molar-refractivity contribution in [3.63, 3.8) is 0 Å². The fourth-order valence-corrected chi connectivity index (χ4v) is 2.09. The van der Waals surface area contributed by atoms with Crippen LogP contribution in [0.3, 0.4) is 0 Å². The lowest BCUT2D eigenvalue weighted by molar-refractivity contribution is 0.0690. The maximum atomic E-state index is 10.7. The third-order valence-electron chi connectivity index (χ3n) is 3.05. The minimum atomic E-state index is -1.05. The molecule has 0 amide bonds. The quantitative estimate of drug-likeness (QED) is 0.813. The van der Waals surface area contributed by atoms with Crippen molar-refractivity contribution < 1.29 is 9.90 Å². The Bertz CT molecular complexity index is 395. The molecule has 1 aromatic rings. The van der Waals surface area contributed by atoms with Gasteiger partial charge >= 0.3 is 5.97 Å². The first kappa shape index (κ1) is 10.9. The number of nitrogens with one attached hydrogen (secondary N) is 1. The van der Waals surface area contributed by atoms with E-state index < -0.39 is 5.97 Å². The second-order valence-corrected chi connectivity index (χ2v) is 4.25. The van der Waals surface area contributed by atoms with E-state index in [1.54, 1.807) is 6.20 Å². The third kappa shape index (κ3) is 2.29. The van der Waals surface area contributed by atoms with E-state index in [0.29, 0.717) is 17.8 Å². The fraction of sp³-hybridized carbons (Fsp3) is 0.545. The lowest BCUT2D eigenvalue weighted by Gasteiger charge is -2.17. The summed E-state index contributed by atoms with van der Waals surface area (Å²) in [5.74, 6) is 0.115. The van der Waals surface area contributed by atoms with Crippen molar-refractivity contribution in [2.75, 3.05) is 5.32 Å². The van der Waals surface area contributed by atoms with Gasteiger partial charge in [-0.05, 0) is 18.8 Å². The van der Waals surface area contributed by atoms with Crippen molar-refractivity contribution in [1.29, 1.82) is 0 Å². The molecule has 1 heterocycles. The number of aromatic nitrogens is 2. The molecule has 0 bridgehead atoms. The molecule has 0 spiro atoms. The number of carboxylic acid groups (broad SMARTS) is 1. The van der Waals surface area contributed by atoms with Crippen LogP contribution in [0.4, 0.5) is 5.82 Å². The number of aromatic carboxylic acids is 1. The Morgan fingerprint density at radius 3 is 2.94 bits per heavy atom. The lowest BCUT2D eigenvalue weighted by Crippen LogP contribution is -2.23. The molecule has 0 aliphatic heterocycles. The zero-order chi connectivity index (χ0) is 11.5. The van der Waals surface area contributed by atoms with Crippen LogP contribution in [0.15, 0.2) is 12.4 Å². The van der Waals surface area contributed by atoms with Gasteiger partial charge in [0.1, 0.15) is 5.82 Å². The summed E-state index contributed by atoms with van der Waals surface area (Å²) in [6, 6.07) is 0.387. The first-order chi connectivity index (χ1) is 7.66. The fourth-order valence-electron chi connectivity index (χ4n) is 2.09. The van der Waals surface area contributed by atoms with E-state index in [1.165, 1.54) is 19.0 Å². The highest BCUT2D eigenvalue weighted by atomic mass is 16.4. The van der Waals surface area contributed by atoms with Crippen molar-refractivity contribution in [1.82, 2.24) is 9.97 Å². The minimum absolute atomic E-state index is 0.0179. The molecule has 86 valence electrons. The molecular weight excluding hydrogens is 206 g/mol. The van der Waals surface area contributed by atoms with Crippen LogP contribution in [0.25, 0.3) is 0 Å². The van der Waals surface area contributed by atoms with Gasteiger partial charge in [-0.3, -0.25) is 4.98 Å². The predicted octanol–water partition coefficient (Wildman–Crippen LogP) is 1.78. The van der Waals surface area contributed by atoms with Gasteiger partial charge in [0.15, 0.2) is 5.69 Å². The lowest BCUT2D eigenvalue weighted by atomic mass is 10.1. The van der Waals surface area contributed by atoms with Crippen LogP contribution >= 0.6 is 0 Å². The maximum absolute atomic E-state index is 10.7. The maximum Gasteiger partial charge on any atom is 0.356 e. The van der Waals surface area contributed by atoms with E-state index in [0.717, 1.165) is 6.42 Å². The summed E-state index contributed by atoms with van der Waals surface area (Å²) in [5.41, 5.74) is -0.0179. The summed E-state index contributed by atoms with van der Waals surface area (Å²) in [4.78, 5) is 18.6. The molecule has 16 heavy (non-hydrogen) atoms. The number of anilines is 1. The van der Waals surface area contributed by atoms with Crippen LogP contribution in [0.1, 0.15) is 36.7 Å². The zero-order valence-corrected chi connectivity index (χ0v) is 9.18. The number of hydrogen-bond acceptors (Lipinski definition) is 4. The molecule has 1 aliphatic carbocycles. The molecule has 5 nitrogen and oxygen atoms in total. The number of carboxylic acids is 1. The molecular formula is C11H15N3O2. The molecule has 0 radical (unpaired) electrons. The summed E-state index contributed by atoms with van der Waals surface area (Å²) in [5, 5.41) is 12.0. The van der Waals surface area contributed by atoms with Gasteiger partial charge in [-0.15, -0.1) is 0 Å². The van der Waals surface area contributed by atoms with Gasteiger partial charge in [-0.2, -0.15) is 0 Å². The molecule has 1 aromatic heterocycles. The molecule has 1 fully saturated rings. The topological polar surface area (TPSA) is 75.1 Å². The van der Waals surface area contributed by atoms with Crippen molar-refractivity contribution >= 4 is 11.8 Å². The van der Waals surface area contributed by atoms with Crippen LogP contribution < -0.4 is 5.32 Å². The van der Waals surface area contributed by atoms with E-state index in [-0.39, 0.29) is 5.69 Å². The average Bonchev–Trinajstić information content (AvgIpc) is 2.65. The monoisotopic (exact) mass is 221 g/mol. The van der Waals surface area contributed by atoms with Crippen molar-refractivity contribution in [2.24, 2.45) is 5.92 Å². The first-order valence-electron chi connectivity index (χ1n) is 5.48. The SMILES string of the molecule is CC1CCCC1Nc1cncc(C(=O)O)n1. The second-order valence-electron chi connectivity index (χ2n) is 4.25. The summed E-state index contributed by atoms with van der Waals surface area (Å²) >= 11 is 0. The van der Waals surface area contributed by atoms with E-state index in [4.69, 9.17) is 5.11 Å². The van der Waals surface area contributed by atoms with Gasteiger partial charge in [0.25, 0.3) is 0 Å². The molecule has 2 N–H and O–H groups in total. The third-order valence-corrected chi connectivity index (χ3v) is 3.05. The Hall–Kier alpha value is -1.65. The van der Waals surface area contributed by atoms with Gasteiger partial charge < -0.3 is 10.4 Å². The molecule has 2 rings (SSSR count). The van der Waals surface area contributed by atoms with Crippen molar-refractivity contribution in [2.45, 2.75) is 32.2 Å². The Morgan fingerprint density at radius 2 is 2.31 bits per heavy atom. The average molecular weight is 221 g/mol.